The number of esters is 1. The average molecular weight is 465 g/mol. The fourth-order valence-corrected chi connectivity index (χ4v) is 3.88. The molecule has 1 fully saturated rings. The van der Waals surface area contributed by atoms with Crippen LogP contribution in [0.5, 0.6) is 0 Å². The number of ether oxygens (including phenoxy) is 2. The lowest BCUT2D eigenvalue weighted by molar-refractivity contribution is -0.121. The molecule has 0 radical (unpaired) electrons. The van der Waals surface area contributed by atoms with Crippen LogP contribution in [0.1, 0.15) is 28.8 Å². The molecular weight excluding hydrogens is 443 g/mol. The van der Waals surface area contributed by atoms with Crippen LogP contribution in [0.25, 0.3) is 0 Å². The number of nitrogens with zero attached hydrogens (tertiary/aromatic N) is 1. The van der Waals surface area contributed by atoms with Gasteiger partial charge >= 0.3 is 12.1 Å². The molecule has 0 atom stereocenters. The molecule has 2 amide bonds. The Kier molecular flexibility index (Phi) is 7.76. The van der Waals surface area contributed by atoms with E-state index in [4.69, 9.17) is 27.9 Å². The first-order valence-electron chi connectivity index (χ1n) is 9.71. The second-order valence-electron chi connectivity index (χ2n) is 7.15. The van der Waals surface area contributed by atoms with E-state index in [0.717, 1.165) is 0 Å². The number of rotatable bonds is 5. The molecule has 0 unspecified atom stereocenters. The summed E-state index contributed by atoms with van der Waals surface area (Å²) in [5.41, 5.74) is 1.71. The first-order valence-corrected chi connectivity index (χ1v) is 10.5. The summed E-state index contributed by atoms with van der Waals surface area (Å²) in [4.78, 5) is 37.9. The third-order valence-electron chi connectivity index (χ3n) is 4.98. The zero-order valence-corrected chi connectivity index (χ0v) is 18.4. The van der Waals surface area contributed by atoms with Crippen LogP contribution in [0.15, 0.2) is 42.5 Å². The van der Waals surface area contributed by atoms with Gasteiger partial charge in [0.05, 0.1) is 12.7 Å². The third kappa shape index (κ3) is 6.35. The van der Waals surface area contributed by atoms with Crippen LogP contribution in [0.3, 0.4) is 0 Å². The Hall–Kier alpha value is -2.77. The van der Waals surface area contributed by atoms with Crippen LogP contribution in [-0.4, -0.2) is 43.1 Å². The van der Waals surface area contributed by atoms with E-state index in [2.05, 4.69) is 10.1 Å². The van der Waals surface area contributed by atoms with Gasteiger partial charge in [0, 0.05) is 34.7 Å². The number of methoxy groups -OCH3 is 1. The lowest BCUT2D eigenvalue weighted by atomic mass is 9.96. The maximum atomic E-state index is 12.5. The van der Waals surface area contributed by atoms with Crippen molar-refractivity contribution in [3.63, 3.8) is 0 Å². The number of hydrogen-bond acceptors (Lipinski definition) is 5. The van der Waals surface area contributed by atoms with Crippen molar-refractivity contribution in [2.75, 3.05) is 25.5 Å². The van der Waals surface area contributed by atoms with Crippen molar-refractivity contribution in [2.24, 2.45) is 5.92 Å². The van der Waals surface area contributed by atoms with Crippen molar-refractivity contribution in [3.05, 3.63) is 63.6 Å². The molecule has 0 bridgehead atoms. The summed E-state index contributed by atoms with van der Waals surface area (Å²) in [5.74, 6) is -0.765. The van der Waals surface area contributed by atoms with E-state index in [-0.39, 0.29) is 18.4 Å². The minimum atomic E-state index is -0.437. The van der Waals surface area contributed by atoms with Gasteiger partial charge in [-0.2, -0.15) is 0 Å². The summed E-state index contributed by atoms with van der Waals surface area (Å²) in [7, 11) is 1.31. The van der Waals surface area contributed by atoms with Crippen LogP contribution in [-0.2, 0) is 20.9 Å². The Morgan fingerprint density at radius 2 is 1.65 bits per heavy atom. The van der Waals surface area contributed by atoms with E-state index in [9.17, 15) is 14.4 Å². The van der Waals surface area contributed by atoms with Gasteiger partial charge in [0.2, 0.25) is 5.91 Å². The van der Waals surface area contributed by atoms with Crippen molar-refractivity contribution < 1.29 is 23.9 Å². The number of hydrogen-bond donors (Lipinski definition) is 1. The predicted octanol–water partition coefficient (Wildman–Crippen LogP) is 4.77. The molecule has 1 aliphatic heterocycles. The number of anilines is 1. The summed E-state index contributed by atoms with van der Waals surface area (Å²) < 4.78 is 9.99. The van der Waals surface area contributed by atoms with E-state index in [1.807, 2.05) is 0 Å². The van der Waals surface area contributed by atoms with E-state index < -0.39 is 12.1 Å². The Morgan fingerprint density at radius 3 is 2.23 bits per heavy atom. The molecule has 7 nitrogen and oxygen atoms in total. The number of amides is 2. The van der Waals surface area contributed by atoms with Gasteiger partial charge in [-0.25, -0.2) is 9.59 Å². The quantitative estimate of drug-likeness (QED) is 0.644. The van der Waals surface area contributed by atoms with Crippen LogP contribution < -0.4 is 5.32 Å². The Labute approximate surface area is 190 Å². The molecule has 3 rings (SSSR count). The zero-order chi connectivity index (χ0) is 22.4. The standard InChI is InChI=1S/C22H22Cl2N2O5/c1-30-21(28)16-2-4-19(5-3-16)25-20(27)15-6-8-26(9-7-15)22(29)31-13-14-10-17(23)12-18(24)11-14/h2-5,10-12,15H,6-9,13H2,1H3,(H,25,27). The summed E-state index contributed by atoms with van der Waals surface area (Å²) in [6.07, 6.45) is 0.627. The largest absolute Gasteiger partial charge is 0.465 e. The minimum Gasteiger partial charge on any atom is -0.465 e. The number of carbonyl (C=O) groups is 3. The molecule has 2 aromatic rings. The van der Waals surface area contributed by atoms with Gasteiger partial charge in [-0.05, 0) is 60.9 Å². The maximum absolute atomic E-state index is 12.5. The van der Waals surface area contributed by atoms with Gasteiger partial charge in [0.15, 0.2) is 0 Å². The van der Waals surface area contributed by atoms with Gasteiger partial charge in [0.25, 0.3) is 0 Å². The zero-order valence-electron chi connectivity index (χ0n) is 16.9. The topological polar surface area (TPSA) is 84.9 Å². The summed E-state index contributed by atoms with van der Waals surface area (Å²) in [6.45, 7) is 0.921. The monoisotopic (exact) mass is 464 g/mol. The first-order chi connectivity index (χ1) is 14.9. The number of piperidine rings is 1. The van der Waals surface area contributed by atoms with Crippen LogP contribution >= 0.6 is 23.2 Å². The molecule has 164 valence electrons. The number of carbonyl (C=O) groups excluding carboxylic acids is 3. The molecule has 2 aromatic carbocycles. The van der Waals surface area contributed by atoms with Gasteiger partial charge in [-0.1, -0.05) is 23.2 Å². The molecular formula is C22H22Cl2N2O5. The molecule has 1 N–H and O–H groups in total. The third-order valence-corrected chi connectivity index (χ3v) is 5.42. The van der Waals surface area contributed by atoms with E-state index in [1.54, 1.807) is 47.4 Å². The SMILES string of the molecule is COC(=O)c1ccc(NC(=O)C2CCN(C(=O)OCc3cc(Cl)cc(Cl)c3)CC2)cc1. The second-order valence-corrected chi connectivity index (χ2v) is 8.02. The van der Waals surface area contributed by atoms with Gasteiger partial charge in [-0.3, -0.25) is 4.79 Å². The number of benzene rings is 2. The number of halogens is 2. The number of nitrogens with one attached hydrogen (secondary N) is 1. The highest BCUT2D eigenvalue weighted by molar-refractivity contribution is 6.34. The normalized spacial score (nSPS) is 14.1. The van der Waals surface area contributed by atoms with Crippen LogP contribution in [0.4, 0.5) is 10.5 Å². The highest BCUT2D eigenvalue weighted by Gasteiger charge is 2.28. The molecule has 0 spiro atoms. The van der Waals surface area contributed by atoms with Crippen LogP contribution in [0.2, 0.25) is 10.0 Å². The molecule has 0 aromatic heterocycles. The van der Waals surface area contributed by atoms with Crippen molar-refractivity contribution in [1.82, 2.24) is 4.90 Å². The summed E-state index contributed by atoms with van der Waals surface area (Å²) >= 11 is 11.9. The summed E-state index contributed by atoms with van der Waals surface area (Å²) in [5, 5.41) is 3.80. The number of likely N-dealkylation sites (tertiary alicyclic amines) is 1. The minimum absolute atomic E-state index is 0.0705. The Bertz CT molecular complexity index is 937. The van der Waals surface area contributed by atoms with Gasteiger partial charge in [-0.15, -0.1) is 0 Å². The van der Waals surface area contributed by atoms with E-state index >= 15 is 0 Å². The molecule has 31 heavy (non-hydrogen) atoms. The average Bonchev–Trinajstić information content (AvgIpc) is 2.77. The van der Waals surface area contributed by atoms with Crippen molar-refractivity contribution in [3.8, 4) is 0 Å². The molecule has 1 saturated heterocycles. The lowest BCUT2D eigenvalue weighted by Crippen LogP contribution is -2.41. The molecule has 0 aliphatic carbocycles. The Morgan fingerprint density at radius 1 is 1.03 bits per heavy atom. The van der Waals surface area contributed by atoms with Crippen molar-refractivity contribution in [2.45, 2.75) is 19.4 Å². The Balaban J connectivity index is 1.45. The van der Waals surface area contributed by atoms with E-state index in [1.165, 1.54) is 7.11 Å². The van der Waals surface area contributed by atoms with Crippen molar-refractivity contribution in [1.29, 1.82) is 0 Å². The fourth-order valence-electron chi connectivity index (χ4n) is 3.31. The smallest absolute Gasteiger partial charge is 0.410 e. The van der Waals surface area contributed by atoms with E-state index in [0.29, 0.717) is 52.8 Å². The lowest BCUT2D eigenvalue weighted by Gasteiger charge is -2.30. The van der Waals surface area contributed by atoms with Gasteiger partial charge < -0.3 is 19.7 Å². The predicted molar refractivity (Wildman–Crippen MR) is 117 cm³/mol. The van der Waals surface area contributed by atoms with Crippen molar-refractivity contribution >= 4 is 46.9 Å². The molecule has 9 heteroatoms. The molecule has 1 heterocycles. The molecule has 1 aliphatic rings. The van der Waals surface area contributed by atoms with Gasteiger partial charge in [0.1, 0.15) is 6.61 Å². The summed E-state index contributed by atoms with van der Waals surface area (Å²) in [6, 6.07) is 11.5. The fraction of sp³-hybridized carbons (Fsp3) is 0.318. The highest BCUT2D eigenvalue weighted by Crippen LogP contribution is 2.22. The second kappa shape index (κ2) is 10.5. The maximum Gasteiger partial charge on any atom is 0.410 e. The molecule has 0 saturated carbocycles. The highest BCUT2D eigenvalue weighted by atomic mass is 35.5. The van der Waals surface area contributed by atoms with Crippen LogP contribution in [0, 0.1) is 5.92 Å². The first kappa shape index (κ1) is 22.9.